The number of nitrogens with one attached hydrogen (secondary N) is 1. The number of hydrogen-bond donors (Lipinski definition) is 1. The minimum absolute atomic E-state index is 0.00128. The van der Waals surface area contributed by atoms with E-state index in [1.165, 1.54) is 6.92 Å². The lowest BCUT2D eigenvalue weighted by Crippen LogP contribution is -2.38. The van der Waals surface area contributed by atoms with Gasteiger partial charge >= 0.3 is 6.03 Å². The topological polar surface area (TPSA) is 61.9 Å². The number of benzene rings is 2. The number of likely N-dealkylation sites (N-methyl/N-ethyl adjacent to an activating group) is 1. The number of ether oxygens (including phenoxy) is 1. The fourth-order valence-corrected chi connectivity index (χ4v) is 3.62. The van der Waals surface area contributed by atoms with E-state index in [1.54, 1.807) is 29.2 Å². The van der Waals surface area contributed by atoms with Crippen molar-refractivity contribution in [3.8, 4) is 5.75 Å². The Morgan fingerprint density at radius 1 is 1.16 bits per heavy atom. The highest BCUT2D eigenvalue weighted by Crippen LogP contribution is 2.31. The van der Waals surface area contributed by atoms with E-state index in [-0.39, 0.29) is 11.8 Å². The quantitative estimate of drug-likeness (QED) is 0.450. The first-order valence-corrected chi connectivity index (χ1v) is 10.9. The third-order valence-corrected chi connectivity index (χ3v) is 5.33. The van der Waals surface area contributed by atoms with E-state index in [1.807, 2.05) is 37.4 Å². The van der Waals surface area contributed by atoms with Gasteiger partial charge in [0, 0.05) is 36.6 Å². The van der Waals surface area contributed by atoms with E-state index in [0.717, 1.165) is 42.9 Å². The summed E-state index contributed by atoms with van der Waals surface area (Å²) in [4.78, 5) is 28.2. The summed E-state index contributed by atoms with van der Waals surface area (Å²) >= 11 is 0. The standard InChI is InChI=1S/C26H31N3O3/c1-4-15-28(3)16-5-6-18-32-24-13-14-25-22(19-24)8-7-17-29(25)26(31)27-23-11-9-21(10-12-23)20(2)30/h4-6,9-14,19H,1,7-8,15-18H2,2-3H3,(H,27,31)/b6-5+. The van der Waals surface area contributed by atoms with Gasteiger partial charge < -0.3 is 10.1 Å². The highest BCUT2D eigenvalue weighted by Gasteiger charge is 2.23. The van der Waals surface area contributed by atoms with Crippen molar-refractivity contribution >= 4 is 23.2 Å². The molecule has 2 aromatic rings. The molecule has 0 atom stereocenters. The van der Waals surface area contributed by atoms with Gasteiger partial charge in [-0.15, -0.1) is 6.58 Å². The molecule has 1 N–H and O–H groups in total. The minimum atomic E-state index is -0.179. The van der Waals surface area contributed by atoms with Crippen LogP contribution < -0.4 is 15.0 Å². The van der Waals surface area contributed by atoms with Gasteiger partial charge in [0.1, 0.15) is 12.4 Å². The monoisotopic (exact) mass is 433 g/mol. The molecule has 3 rings (SSSR count). The van der Waals surface area contributed by atoms with Crippen LogP contribution in [0.1, 0.15) is 29.3 Å². The Morgan fingerprint density at radius 2 is 1.94 bits per heavy atom. The number of carbonyl (C=O) groups is 2. The zero-order valence-electron chi connectivity index (χ0n) is 18.8. The Balaban J connectivity index is 1.59. The summed E-state index contributed by atoms with van der Waals surface area (Å²) in [5.74, 6) is 0.802. The van der Waals surface area contributed by atoms with Crippen LogP contribution in [0.5, 0.6) is 5.75 Å². The van der Waals surface area contributed by atoms with Crippen LogP contribution in [0.3, 0.4) is 0 Å². The number of carbonyl (C=O) groups excluding carboxylic acids is 2. The molecule has 2 amide bonds. The zero-order valence-corrected chi connectivity index (χ0v) is 18.8. The summed E-state index contributed by atoms with van der Waals surface area (Å²) in [6.07, 6.45) is 7.77. The van der Waals surface area contributed by atoms with Gasteiger partial charge in [0.25, 0.3) is 0 Å². The number of ketones is 1. The Kier molecular flexibility index (Phi) is 8.22. The molecule has 0 fully saturated rings. The molecule has 0 saturated heterocycles. The summed E-state index contributed by atoms with van der Waals surface area (Å²) < 4.78 is 5.86. The van der Waals surface area contributed by atoms with E-state index in [4.69, 9.17) is 4.74 Å². The number of anilines is 2. The second-order valence-corrected chi connectivity index (χ2v) is 7.90. The molecule has 168 valence electrons. The van der Waals surface area contributed by atoms with Crippen LogP contribution >= 0.6 is 0 Å². The van der Waals surface area contributed by atoms with Crippen LogP contribution in [0.25, 0.3) is 0 Å². The van der Waals surface area contributed by atoms with Crippen molar-refractivity contribution in [1.29, 1.82) is 0 Å². The normalized spacial score (nSPS) is 13.2. The van der Waals surface area contributed by atoms with Gasteiger partial charge in [-0.1, -0.05) is 18.2 Å². The average molecular weight is 434 g/mol. The molecule has 1 aliphatic heterocycles. The first kappa shape index (κ1) is 23.3. The fourth-order valence-electron chi connectivity index (χ4n) is 3.62. The van der Waals surface area contributed by atoms with Gasteiger partial charge in [0.2, 0.25) is 0 Å². The number of rotatable bonds is 9. The van der Waals surface area contributed by atoms with Crippen LogP contribution in [0.2, 0.25) is 0 Å². The molecule has 0 saturated carbocycles. The van der Waals surface area contributed by atoms with E-state index >= 15 is 0 Å². The molecule has 6 heteroatoms. The first-order chi connectivity index (χ1) is 15.5. The lowest BCUT2D eigenvalue weighted by molar-refractivity contribution is 0.101. The summed E-state index contributed by atoms with van der Waals surface area (Å²) in [6, 6.07) is 12.6. The molecule has 32 heavy (non-hydrogen) atoms. The van der Waals surface area contributed by atoms with E-state index in [2.05, 4.69) is 22.9 Å². The predicted octanol–water partition coefficient (Wildman–Crippen LogP) is 4.93. The second-order valence-electron chi connectivity index (χ2n) is 7.90. The molecule has 1 heterocycles. The molecule has 0 bridgehead atoms. The Morgan fingerprint density at radius 3 is 2.66 bits per heavy atom. The number of fused-ring (bicyclic) bond motifs is 1. The Bertz CT molecular complexity index is 982. The largest absolute Gasteiger partial charge is 0.490 e. The predicted molar refractivity (Wildman–Crippen MR) is 130 cm³/mol. The third-order valence-electron chi connectivity index (χ3n) is 5.33. The molecule has 0 aliphatic carbocycles. The van der Waals surface area contributed by atoms with Gasteiger partial charge in [0.15, 0.2) is 5.78 Å². The van der Waals surface area contributed by atoms with E-state index < -0.39 is 0 Å². The summed E-state index contributed by atoms with van der Waals surface area (Å²) in [7, 11) is 2.04. The number of aryl methyl sites for hydroxylation is 1. The molecular formula is C26H31N3O3. The number of urea groups is 1. The zero-order chi connectivity index (χ0) is 22.9. The van der Waals surface area contributed by atoms with Crippen molar-refractivity contribution in [3.05, 3.63) is 78.4 Å². The summed E-state index contributed by atoms with van der Waals surface area (Å²) in [5, 5.41) is 2.92. The maximum Gasteiger partial charge on any atom is 0.326 e. The van der Waals surface area contributed by atoms with Crippen LogP contribution in [-0.2, 0) is 6.42 Å². The summed E-state index contributed by atoms with van der Waals surface area (Å²) in [5.41, 5.74) is 3.30. The van der Waals surface area contributed by atoms with Gasteiger partial charge in [-0.3, -0.25) is 14.6 Å². The van der Waals surface area contributed by atoms with Gasteiger partial charge in [0.05, 0.1) is 0 Å². The maximum atomic E-state index is 12.9. The van der Waals surface area contributed by atoms with Crippen molar-refractivity contribution in [1.82, 2.24) is 4.90 Å². The van der Waals surface area contributed by atoms with Crippen molar-refractivity contribution in [2.45, 2.75) is 19.8 Å². The fraction of sp³-hybridized carbons (Fsp3) is 0.308. The van der Waals surface area contributed by atoms with Crippen LogP contribution in [0.4, 0.5) is 16.2 Å². The van der Waals surface area contributed by atoms with Crippen molar-refractivity contribution in [3.63, 3.8) is 0 Å². The van der Waals surface area contributed by atoms with E-state index in [0.29, 0.717) is 24.4 Å². The first-order valence-electron chi connectivity index (χ1n) is 10.9. The van der Waals surface area contributed by atoms with E-state index in [9.17, 15) is 9.59 Å². The minimum Gasteiger partial charge on any atom is -0.490 e. The Labute approximate surface area is 190 Å². The van der Waals surface area contributed by atoms with Crippen molar-refractivity contribution in [2.75, 3.05) is 43.5 Å². The number of Topliss-reactive ketones (excluding diaryl/α,β-unsaturated/α-hetero) is 1. The average Bonchev–Trinajstić information content (AvgIpc) is 2.78. The second kappa shape index (κ2) is 11.3. The highest BCUT2D eigenvalue weighted by molar-refractivity contribution is 6.03. The van der Waals surface area contributed by atoms with Crippen LogP contribution in [0.15, 0.2) is 67.3 Å². The van der Waals surface area contributed by atoms with Gasteiger partial charge in [-0.2, -0.15) is 0 Å². The number of hydrogen-bond acceptors (Lipinski definition) is 4. The number of nitrogens with zero attached hydrogens (tertiary/aromatic N) is 2. The maximum absolute atomic E-state index is 12.9. The third kappa shape index (κ3) is 6.31. The lowest BCUT2D eigenvalue weighted by Gasteiger charge is -2.30. The van der Waals surface area contributed by atoms with Crippen molar-refractivity contribution in [2.24, 2.45) is 0 Å². The highest BCUT2D eigenvalue weighted by atomic mass is 16.5. The molecular weight excluding hydrogens is 402 g/mol. The lowest BCUT2D eigenvalue weighted by atomic mass is 10.0. The van der Waals surface area contributed by atoms with Crippen molar-refractivity contribution < 1.29 is 14.3 Å². The van der Waals surface area contributed by atoms with Crippen LogP contribution in [0, 0.1) is 0 Å². The molecule has 0 spiro atoms. The van der Waals surface area contributed by atoms with Gasteiger partial charge in [-0.25, -0.2) is 4.79 Å². The Hall–Kier alpha value is -3.38. The summed E-state index contributed by atoms with van der Waals surface area (Å²) in [6.45, 7) is 8.12. The molecule has 0 unspecified atom stereocenters. The van der Waals surface area contributed by atoms with Crippen LogP contribution in [-0.4, -0.2) is 50.0 Å². The SMILES string of the molecule is C=CCN(C)C/C=C/COc1ccc2c(c1)CCCN2C(=O)Nc1ccc(C(C)=O)cc1. The molecule has 0 aromatic heterocycles. The smallest absolute Gasteiger partial charge is 0.326 e. The molecule has 1 aliphatic rings. The molecule has 0 radical (unpaired) electrons. The van der Waals surface area contributed by atoms with Gasteiger partial charge in [-0.05, 0) is 74.8 Å². The molecule has 6 nitrogen and oxygen atoms in total. The molecule has 2 aromatic carbocycles. The number of amides is 2.